The Morgan fingerprint density at radius 1 is 0.868 bits per heavy atom. The van der Waals surface area contributed by atoms with Crippen molar-refractivity contribution in [1.29, 1.82) is 0 Å². The van der Waals surface area contributed by atoms with Crippen LogP contribution in [0.4, 0.5) is 0 Å². The van der Waals surface area contributed by atoms with Gasteiger partial charge in [-0.3, -0.25) is 4.79 Å². The van der Waals surface area contributed by atoms with Crippen molar-refractivity contribution in [2.24, 2.45) is 0 Å². The van der Waals surface area contributed by atoms with Crippen molar-refractivity contribution in [3.8, 4) is 17.2 Å². The van der Waals surface area contributed by atoms with Crippen LogP contribution < -0.4 is 14.2 Å². The molecule has 0 radical (unpaired) electrons. The molecule has 1 aliphatic rings. The number of rotatable bonds is 9. The summed E-state index contributed by atoms with van der Waals surface area (Å²) < 4.78 is 24.2. The molecule has 0 bridgehead atoms. The summed E-state index contributed by atoms with van der Waals surface area (Å²) in [6, 6.07) is 22.4. The molecule has 198 valence electrons. The molecule has 0 saturated carbocycles. The first-order valence-electron chi connectivity index (χ1n) is 12.9. The maximum Gasteiger partial charge on any atom is 0.223 e. The molecule has 38 heavy (non-hydrogen) atoms. The molecule has 2 heterocycles. The molecule has 0 spiro atoms. The molecule has 1 saturated heterocycles. The molecule has 1 amide bonds. The van der Waals surface area contributed by atoms with Gasteiger partial charge >= 0.3 is 0 Å². The predicted molar refractivity (Wildman–Crippen MR) is 147 cm³/mol. The van der Waals surface area contributed by atoms with Crippen molar-refractivity contribution in [1.82, 2.24) is 9.47 Å². The van der Waals surface area contributed by atoms with E-state index >= 15 is 0 Å². The highest BCUT2D eigenvalue weighted by molar-refractivity contribution is 5.87. The number of para-hydroxylation sites is 1. The predicted octanol–water partition coefficient (Wildman–Crippen LogP) is 5.10. The topological polar surface area (TPSA) is 62.2 Å². The number of aromatic nitrogens is 1. The summed E-state index contributed by atoms with van der Waals surface area (Å²) in [5, 5.41) is 1.13. The number of methoxy groups -OCH3 is 3. The average molecular weight is 515 g/mol. The quantitative estimate of drug-likeness (QED) is 0.311. The zero-order chi connectivity index (χ0) is 26.5. The lowest BCUT2D eigenvalue weighted by atomic mass is 9.87. The lowest BCUT2D eigenvalue weighted by molar-refractivity contribution is -0.135. The molecule has 1 fully saturated rings. The molecule has 3 aromatic carbocycles. The number of carbonyl (C=O) groups is 1. The highest BCUT2D eigenvalue weighted by Crippen LogP contribution is 2.38. The molecule has 7 heteroatoms. The molecule has 7 nitrogen and oxygen atoms in total. The minimum absolute atomic E-state index is 0.118. The fourth-order valence-electron chi connectivity index (χ4n) is 5.17. The Morgan fingerprint density at radius 2 is 1.53 bits per heavy atom. The molecule has 0 aliphatic carbocycles. The van der Waals surface area contributed by atoms with Gasteiger partial charge in [0.15, 0.2) is 0 Å². The van der Waals surface area contributed by atoms with Crippen LogP contribution in [0.5, 0.6) is 17.2 Å². The van der Waals surface area contributed by atoms with Crippen LogP contribution in [0.1, 0.15) is 29.0 Å². The van der Waals surface area contributed by atoms with Gasteiger partial charge in [0.25, 0.3) is 0 Å². The summed E-state index contributed by atoms with van der Waals surface area (Å²) >= 11 is 0. The van der Waals surface area contributed by atoms with Crippen LogP contribution in [0.3, 0.4) is 0 Å². The lowest BCUT2D eigenvalue weighted by Crippen LogP contribution is -2.41. The second-order valence-corrected chi connectivity index (χ2v) is 9.47. The Bertz CT molecular complexity index is 1370. The highest BCUT2D eigenvalue weighted by Gasteiger charge is 2.27. The standard InChI is InChI=1S/C31H34N2O5/c1-35-24-10-8-22(9-11-24)20-33-21-29(27-6-4-5-7-30(27)33)28(19-31(34)32-12-14-38-15-13-32)23-16-25(36-2)18-26(17-23)37-3/h4-11,16-18,21,28H,12-15,19-20H2,1-3H3. The summed E-state index contributed by atoms with van der Waals surface area (Å²) in [6.45, 7) is 3.09. The first-order valence-corrected chi connectivity index (χ1v) is 12.9. The second kappa shape index (κ2) is 11.6. The molecule has 1 aliphatic heterocycles. The van der Waals surface area contributed by atoms with E-state index in [1.54, 1.807) is 21.3 Å². The zero-order valence-electron chi connectivity index (χ0n) is 22.2. The van der Waals surface area contributed by atoms with E-state index < -0.39 is 0 Å². The minimum atomic E-state index is -0.184. The summed E-state index contributed by atoms with van der Waals surface area (Å²) in [6.07, 6.45) is 2.53. The molecule has 5 rings (SSSR count). The third kappa shape index (κ3) is 5.48. The highest BCUT2D eigenvalue weighted by atomic mass is 16.5. The Kier molecular flexibility index (Phi) is 7.84. The van der Waals surface area contributed by atoms with Crippen LogP contribution in [0.25, 0.3) is 10.9 Å². The minimum Gasteiger partial charge on any atom is -0.497 e. The van der Waals surface area contributed by atoms with Crippen molar-refractivity contribution in [2.45, 2.75) is 18.9 Å². The number of amides is 1. The van der Waals surface area contributed by atoms with Crippen LogP contribution in [-0.4, -0.2) is 63.0 Å². The largest absolute Gasteiger partial charge is 0.497 e. The molecule has 0 N–H and O–H groups in total. The smallest absolute Gasteiger partial charge is 0.223 e. The van der Waals surface area contributed by atoms with E-state index in [-0.39, 0.29) is 11.8 Å². The first-order chi connectivity index (χ1) is 18.6. The number of hydrogen-bond donors (Lipinski definition) is 0. The van der Waals surface area contributed by atoms with Crippen LogP contribution in [0.2, 0.25) is 0 Å². The number of fused-ring (bicyclic) bond motifs is 1. The molecule has 1 atom stereocenters. The van der Waals surface area contributed by atoms with E-state index in [9.17, 15) is 4.79 Å². The van der Waals surface area contributed by atoms with Crippen molar-refractivity contribution in [2.75, 3.05) is 47.6 Å². The van der Waals surface area contributed by atoms with E-state index in [2.05, 4.69) is 47.2 Å². The Morgan fingerprint density at radius 3 is 2.18 bits per heavy atom. The SMILES string of the molecule is COc1ccc(Cn2cc(C(CC(=O)N3CCOCC3)c3cc(OC)cc(OC)c3)c3ccccc32)cc1. The van der Waals surface area contributed by atoms with Crippen molar-refractivity contribution in [3.05, 3.63) is 89.6 Å². The van der Waals surface area contributed by atoms with Gasteiger partial charge in [-0.2, -0.15) is 0 Å². The summed E-state index contributed by atoms with van der Waals surface area (Å²) in [5.74, 6) is 2.17. The molecule has 1 unspecified atom stereocenters. The van der Waals surface area contributed by atoms with E-state index in [0.717, 1.165) is 27.8 Å². The van der Waals surface area contributed by atoms with Gasteiger partial charge in [-0.05, 0) is 47.0 Å². The van der Waals surface area contributed by atoms with Gasteiger partial charge in [0.05, 0.1) is 34.5 Å². The average Bonchev–Trinajstić information content (AvgIpc) is 3.34. The third-order valence-corrected chi connectivity index (χ3v) is 7.23. The number of ether oxygens (including phenoxy) is 4. The lowest BCUT2D eigenvalue weighted by Gasteiger charge is -2.29. The monoisotopic (exact) mass is 514 g/mol. The van der Waals surface area contributed by atoms with Crippen LogP contribution in [-0.2, 0) is 16.1 Å². The fraction of sp³-hybridized carbons (Fsp3) is 0.323. The third-order valence-electron chi connectivity index (χ3n) is 7.23. The molecule has 1 aromatic heterocycles. The van der Waals surface area contributed by atoms with E-state index in [1.807, 2.05) is 35.2 Å². The number of nitrogens with zero attached hydrogens (tertiary/aromatic N) is 2. The number of hydrogen-bond acceptors (Lipinski definition) is 5. The van der Waals surface area contributed by atoms with Gasteiger partial charge in [-0.1, -0.05) is 30.3 Å². The van der Waals surface area contributed by atoms with Crippen molar-refractivity contribution in [3.63, 3.8) is 0 Å². The maximum absolute atomic E-state index is 13.5. The molecule has 4 aromatic rings. The van der Waals surface area contributed by atoms with Gasteiger partial charge in [-0.25, -0.2) is 0 Å². The van der Waals surface area contributed by atoms with Crippen LogP contribution >= 0.6 is 0 Å². The van der Waals surface area contributed by atoms with Gasteiger partial charge in [-0.15, -0.1) is 0 Å². The Balaban J connectivity index is 1.58. The summed E-state index contributed by atoms with van der Waals surface area (Å²) in [5.41, 5.74) is 4.38. The molecular formula is C31H34N2O5. The Hall–Kier alpha value is -3.97. The van der Waals surface area contributed by atoms with E-state index in [0.29, 0.717) is 50.8 Å². The van der Waals surface area contributed by atoms with E-state index in [4.69, 9.17) is 18.9 Å². The van der Waals surface area contributed by atoms with Gasteiger partial charge in [0, 0.05) is 55.1 Å². The first kappa shape index (κ1) is 25.7. The van der Waals surface area contributed by atoms with Gasteiger partial charge < -0.3 is 28.4 Å². The molecular weight excluding hydrogens is 480 g/mol. The second-order valence-electron chi connectivity index (χ2n) is 9.47. The Labute approximate surface area is 223 Å². The van der Waals surface area contributed by atoms with Crippen molar-refractivity contribution >= 4 is 16.8 Å². The van der Waals surface area contributed by atoms with E-state index in [1.165, 1.54) is 5.56 Å². The maximum atomic E-state index is 13.5. The van der Waals surface area contributed by atoms with Crippen molar-refractivity contribution < 1.29 is 23.7 Å². The summed E-state index contributed by atoms with van der Waals surface area (Å²) in [4.78, 5) is 15.5. The van der Waals surface area contributed by atoms with Gasteiger partial charge in [0.2, 0.25) is 5.91 Å². The zero-order valence-corrected chi connectivity index (χ0v) is 22.2. The summed E-state index contributed by atoms with van der Waals surface area (Å²) in [7, 11) is 4.97. The van der Waals surface area contributed by atoms with Crippen LogP contribution in [0.15, 0.2) is 72.9 Å². The normalized spacial score (nSPS) is 14.3. The number of carbonyl (C=O) groups excluding carboxylic acids is 1. The number of morpholine rings is 1. The number of benzene rings is 3. The van der Waals surface area contributed by atoms with Crippen LogP contribution in [0, 0.1) is 0 Å². The fourth-order valence-corrected chi connectivity index (χ4v) is 5.17. The van der Waals surface area contributed by atoms with Gasteiger partial charge in [0.1, 0.15) is 17.2 Å².